The third-order valence-electron chi connectivity index (χ3n) is 2.45. The number of anilines is 1. The number of hydrogen-bond donors (Lipinski definition) is 1. The second-order valence-corrected chi connectivity index (χ2v) is 4.72. The van der Waals surface area contributed by atoms with E-state index in [0.29, 0.717) is 27.0 Å². The van der Waals surface area contributed by atoms with E-state index < -0.39 is 0 Å². The monoisotopic (exact) mass is 295 g/mol. The van der Waals surface area contributed by atoms with Gasteiger partial charge in [0.2, 0.25) is 0 Å². The summed E-state index contributed by atoms with van der Waals surface area (Å²) in [7, 11) is 1.55. The summed E-state index contributed by atoms with van der Waals surface area (Å²) in [6.45, 7) is 0. The van der Waals surface area contributed by atoms with Gasteiger partial charge in [-0.1, -0.05) is 29.3 Å². The van der Waals surface area contributed by atoms with Gasteiger partial charge in [-0.3, -0.25) is 4.79 Å². The molecular weight excluding hydrogens is 285 g/mol. The summed E-state index contributed by atoms with van der Waals surface area (Å²) in [5, 5.41) is 3.66. The van der Waals surface area contributed by atoms with Crippen molar-refractivity contribution in [3.05, 3.63) is 58.1 Å². The number of nitrogens with one attached hydrogen (secondary N) is 1. The Balaban J connectivity index is 2.20. The molecule has 2 rings (SSSR count). The van der Waals surface area contributed by atoms with E-state index in [1.807, 2.05) is 0 Å². The maximum Gasteiger partial charge on any atom is 0.255 e. The van der Waals surface area contributed by atoms with E-state index in [1.165, 1.54) is 0 Å². The first kappa shape index (κ1) is 13.7. The van der Waals surface area contributed by atoms with Gasteiger partial charge in [0.15, 0.2) is 0 Å². The molecule has 1 amide bonds. The Morgan fingerprint density at radius 2 is 1.79 bits per heavy atom. The van der Waals surface area contributed by atoms with Gasteiger partial charge in [0.1, 0.15) is 5.75 Å². The third-order valence-corrected chi connectivity index (χ3v) is 2.89. The smallest absolute Gasteiger partial charge is 0.255 e. The molecule has 0 aromatic heterocycles. The molecule has 0 aliphatic heterocycles. The number of amides is 1. The topological polar surface area (TPSA) is 38.3 Å². The molecule has 1 N–H and O–H groups in total. The van der Waals surface area contributed by atoms with Crippen molar-refractivity contribution in [2.24, 2.45) is 0 Å². The van der Waals surface area contributed by atoms with E-state index in [-0.39, 0.29) is 5.91 Å². The molecule has 19 heavy (non-hydrogen) atoms. The largest absolute Gasteiger partial charge is 0.497 e. The van der Waals surface area contributed by atoms with Crippen molar-refractivity contribution in [2.45, 2.75) is 0 Å². The number of halogens is 2. The summed E-state index contributed by atoms with van der Waals surface area (Å²) in [5.41, 5.74) is 1.04. The highest BCUT2D eigenvalue weighted by molar-refractivity contribution is 6.35. The molecule has 0 saturated heterocycles. The van der Waals surface area contributed by atoms with Gasteiger partial charge in [-0.2, -0.15) is 0 Å². The van der Waals surface area contributed by atoms with Crippen LogP contribution in [-0.4, -0.2) is 13.0 Å². The lowest BCUT2D eigenvalue weighted by Gasteiger charge is -2.07. The number of ether oxygens (including phenoxy) is 1. The third kappa shape index (κ3) is 3.63. The number of rotatable bonds is 3. The first-order valence-corrected chi connectivity index (χ1v) is 6.25. The zero-order valence-corrected chi connectivity index (χ0v) is 11.6. The number of carbonyl (C=O) groups is 1. The molecule has 0 fully saturated rings. The average molecular weight is 296 g/mol. The zero-order chi connectivity index (χ0) is 13.8. The lowest BCUT2D eigenvalue weighted by Crippen LogP contribution is -2.11. The molecule has 98 valence electrons. The highest BCUT2D eigenvalue weighted by atomic mass is 35.5. The fourth-order valence-corrected chi connectivity index (χ4v) is 2.12. The molecular formula is C14H11Cl2NO2. The van der Waals surface area contributed by atoms with Gasteiger partial charge in [0.25, 0.3) is 5.91 Å². The number of benzene rings is 2. The molecule has 2 aromatic carbocycles. The zero-order valence-electron chi connectivity index (χ0n) is 10.1. The molecule has 0 aliphatic carbocycles. The van der Waals surface area contributed by atoms with Crippen molar-refractivity contribution in [2.75, 3.05) is 12.4 Å². The summed E-state index contributed by atoms with van der Waals surface area (Å²) in [6.07, 6.45) is 0. The van der Waals surface area contributed by atoms with Crippen LogP contribution in [0, 0.1) is 0 Å². The lowest BCUT2D eigenvalue weighted by atomic mass is 10.2. The van der Waals surface area contributed by atoms with Crippen LogP contribution in [0.1, 0.15) is 10.4 Å². The Hall–Kier alpha value is -1.71. The molecule has 0 spiro atoms. The summed E-state index contributed by atoms with van der Waals surface area (Å²) in [4.78, 5) is 12.1. The van der Waals surface area contributed by atoms with Crippen LogP contribution in [0.25, 0.3) is 0 Å². The number of methoxy groups -OCH3 is 1. The molecule has 0 bridgehead atoms. The van der Waals surface area contributed by atoms with Crippen LogP contribution < -0.4 is 10.1 Å². The molecule has 3 nitrogen and oxygen atoms in total. The molecule has 0 atom stereocenters. The SMILES string of the molecule is COc1cccc(C(=O)Nc2cc(Cl)cc(Cl)c2)c1. The highest BCUT2D eigenvalue weighted by Gasteiger charge is 2.08. The van der Waals surface area contributed by atoms with Crippen molar-refractivity contribution in [3.63, 3.8) is 0 Å². The van der Waals surface area contributed by atoms with Gasteiger partial charge in [-0.15, -0.1) is 0 Å². The van der Waals surface area contributed by atoms with Gasteiger partial charge < -0.3 is 10.1 Å². The van der Waals surface area contributed by atoms with Gasteiger partial charge >= 0.3 is 0 Å². The first-order chi connectivity index (χ1) is 9.08. The van der Waals surface area contributed by atoms with Crippen LogP contribution in [0.15, 0.2) is 42.5 Å². The van der Waals surface area contributed by atoms with E-state index in [2.05, 4.69) is 5.32 Å². The van der Waals surface area contributed by atoms with Crippen LogP contribution in [0.2, 0.25) is 10.0 Å². The van der Waals surface area contributed by atoms with E-state index >= 15 is 0 Å². The predicted octanol–water partition coefficient (Wildman–Crippen LogP) is 4.25. The second kappa shape index (κ2) is 5.95. The van der Waals surface area contributed by atoms with Gasteiger partial charge in [0, 0.05) is 21.3 Å². The second-order valence-electron chi connectivity index (χ2n) is 3.84. The summed E-state index contributed by atoms with van der Waals surface area (Å²) in [6, 6.07) is 11.7. The van der Waals surface area contributed by atoms with Crippen LogP contribution in [-0.2, 0) is 0 Å². The van der Waals surface area contributed by atoms with Crippen LogP contribution in [0.5, 0.6) is 5.75 Å². The Labute approximate surface area is 121 Å². The average Bonchev–Trinajstić information content (AvgIpc) is 2.37. The minimum absolute atomic E-state index is 0.253. The van der Waals surface area contributed by atoms with E-state index in [1.54, 1.807) is 49.6 Å². The van der Waals surface area contributed by atoms with Crippen molar-refractivity contribution in [1.82, 2.24) is 0 Å². The standard InChI is InChI=1S/C14H11Cl2NO2/c1-19-13-4-2-3-9(5-13)14(18)17-12-7-10(15)6-11(16)8-12/h2-8H,1H3,(H,17,18). The molecule has 0 heterocycles. The maximum atomic E-state index is 12.1. The normalized spacial score (nSPS) is 10.1. The van der Waals surface area contributed by atoms with Crippen molar-refractivity contribution in [1.29, 1.82) is 0 Å². The van der Waals surface area contributed by atoms with Crippen molar-refractivity contribution >= 4 is 34.8 Å². The van der Waals surface area contributed by atoms with Crippen LogP contribution >= 0.6 is 23.2 Å². The van der Waals surface area contributed by atoms with Crippen LogP contribution in [0.4, 0.5) is 5.69 Å². The first-order valence-electron chi connectivity index (χ1n) is 5.50. The minimum Gasteiger partial charge on any atom is -0.497 e. The van der Waals surface area contributed by atoms with E-state index in [0.717, 1.165) is 0 Å². The molecule has 0 radical (unpaired) electrons. The Morgan fingerprint density at radius 3 is 2.42 bits per heavy atom. The summed E-state index contributed by atoms with van der Waals surface area (Å²) < 4.78 is 5.07. The van der Waals surface area contributed by atoms with E-state index in [9.17, 15) is 4.79 Å². The molecule has 5 heteroatoms. The van der Waals surface area contributed by atoms with Gasteiger partial charge in [0.05, 0.1) is 7.11 Å². The number of carbonyl (C=O) groups excluding carboxylic acids is 1. The predicted molar refractivity (Wildman–Crippen MR) is 77.4 cm³/mol. The fourth-order valence-electron chi connectivity index (χ4n) is 1.59. The van der Waals surface area contributed by atoms with Crippen molar-refractivity contribution in [3.8, 4) is 5.75 Å². The van der Waals surface area contributed by atoms with Gasteiger partial charge in [-0.05, 0) is 36.4 Å². The highest BCUT2D eigenvalue weighted by Crippen LogP contribution is 2.23. The lowest BCUT2D eigenvalue weighted by molar-refractivity contribution is 0.102. The van der Waals surface area contributed by atoms with Gasteiger partial charge in [-0.25, -0.2) is 0 Å². The fraction of sp³-hybridized carbons (Fsp3) is 0.0714. The summed E-state index contributed by atoms with van der Waals surface area (Å²) >= 11 is 11.7. The molecule has 2 aromatic rings. The summed E-state index contributed by atoms with van der Waals surface area (Å²) in [5.74, 6) is 0.369. The van der Waals surface area contributed by atoms with Crippen molar-refractivity contribution < 1.29 is 9.53 Å². The molecule has 0 aliphatic rings. The Bertz CT molecular complexity index is 594. The minimum atomic E-state index is -0.253. The van der Waals surface area contributed by atoms with E-state index in [4.69, 9.17) is 27.9 Å². The Morgan fingerprint density at radius 1 is 1.11 bits per heavy atom. The van der Waals surface area contributed by atoms with Crippen LogP contribution in [0.3, 0.4) is 0 Å². The quantitative estimate of drug-likeness (QED) is 0.919. The number of hydrogen-bond acceptors (Lipinski definition) is 2. The molecule has 0 saturated carbocycles. The molecule has 0 unspecified atom stereocenters. The Kier molecular flexibility index (Phi) is 4.30. The maximum absolute atomic E-state index is 12.1.